The van der Waals surface area contributed by atoms with Crippen LogP contribution >= 0.6 is 0 Å². The number of carbonyl (C=O) groups excluding carboxylic acids is 4. The number of amides is 2. The summed E-state index contributed by atoms with van der Waals surface area (Å²) in [6, 6.07) is 4.64. The molecule has 2 aromatic rings. The summed E-state index contributed by atoms with van der Waals surface area (Å²) in [6.07, 6.45) is 5.72. The first-order valence-electron chi connectivity index (χ1n) is 17.2. The molecule has 0 aliphatic carbocycles. The number of aryl methyl sites for hydroxylation is 1. The SMILES string of the molecule is CC[C@@H]1[C@@H]2CN(C(=O)[C@H](C(C)(C)C)CC(=O)O[C@@H]3CCCN(C(C)=O)[C@H]3CCCCCc3nc4ccc(OC)cc4nc3O2)[C@@H]1C=O. The number of ether oxygens (including phenoxy) is 3. The van der Waals surface area contributed by atoms with Gasteiger partial charge in [-0.25, -0.2) is 9.97 Å². The van der Waals surface area contributed by atoms with Crippen molar-refractivity contribution in [1.29, 1.82) is 0 Å². The Kier molecular flexibility index (Phi) is 10.7. The molecule has 2 fully saturated rings. The van der Waals surface area contributed by atoms with Crippen molar-refractivity contribution in [3.05, 3.63) is 23.9 Å². The molecule has 47 heavy (non-hydrogen) atoms. The standard InChI is InChI=1S/C36H50N4O7/c1-7-24-30(21-41)40-20-32(24)47-34-27(37-26-16-15-23(45-6)18-28(26)38-34)12-9-8-10-13-29-31(14-11-17-39(29)22(2)42)46-33(43)19-25(35(40)44)36(3,4)5/h15-16,18,21,24-25,29-32H,7-14,17,19-20H2,1-6H3/t24-,25+,29-,30+,31+,32-/m0/s1. The number of rotatable bonds is 3. The number of likely N-dealkylation sites (tertiary alicyclic amines) is 1. The Morgan fingerprint density at radius 2 is 1.83 bits per heavy atom. The second kappa shape index (κ2) is 14.6. The number of benzene rings is 1. The molecule has 0 radical (unpaired) electrons. The van der Waals surface area contributed by atoms with E-state index in [1.54, 1.807) is 18.9 Å². The van der Waals surface area contributed by atoms with E-state index < -0.39 is 35.6 Å². The Hall–Kier alpha value is -3.76. The van der Waals surface area contributed by atoms with Gasteiger partial charge in [0.25, 0.3) is 0 Å². The van der Waals surface area contributed by atoms with Crippen molar-refractivity contribution in [1.82, 2.24) is 19.8 Å². The van der Waals surface area contributed by atoms with Gasteiger partial charge in [0.1, 0.15) is 29.9 Å². The molecule has 2 bridgehead atoms. The monoisotopic (exact) mass is 650 g/mol. The maximum absolute atomic E-state index is 14.3. The Labute approximate surface area is 277 Å². The summed E-state index contributed by atoms with van der Waals surface area (Å²) in [6.45, 7) is 10.2. The number of esters is 1. The molecule has 1 aromatic heterocycles. The van der Waals surface area contributed by atoms with Crippen molar-refractivity contribution in [2.24, 2.45) is 17.3 Å². The van der Waals surface area contributed by atoms with Gasteiger partial charge in [0.05, 0.1) is 49.1 Å². The van der Waals surface area contributed by atoms with Gasteiger partial charge in [-0.05, 0) is 56.1 Å². The maximum atomic E-state index is 14.3. The van der Waals surface area contributed by atoms with Gasteiger partial charge in [-0.15, -0.1) is 0 Å². The second-order valence-corrected chi connectivity index (χ2v) is 14.3. The molecule has 11 heteroatoms. The van der Waals surface area contributed by atoms with E-state index in [9.17, 15) is 19.2 Å². The topological polar surface area (TPSA) is 128 Å². The summed E-state index contributed by atoms with van der Waals surface area (Å²) >= 11 is 0. The highest BCUT2D eigenvalue weighted by molar-refractivity contribution is 5.87. The molecule has 4 heterocycles. The van der Waals surface area contributed by atoms with Crippen molar-refractivity contribution in [2.75, 3.05) is 20.2 Å². The van der Waals surface area contributed by atoms with Crippen LogP contribution in [0.4, 0.5) is 0 Å². The molecule has 0 saturated carbocycles. The van der Waals surface area contributed by atoms with Gasteiger partial charge in [-0.1, -0.05) is 40.5 Å². The molecule has 6 atom stereocenters. The second-order valence-electron chi connectivity index (χ2n) is 14.3. The molecule has 2 amide bonds. The van der Waals surface area contributed by atoms with Gasteiger partial charge in [0.2, 0.25) is 17.7 Å². The molecule has 0 unspecified atom stereocenters. The molecule has 11 nitrogen and oxygen atoms in total. The first kappa shape index (κ1) is 34.6. The van der Waals surface area contributed by atoms with E-state index in [2.05, 4.69) is 0 Å². The lowest BCUT2D eigenvalue weighted by atomic mass is 9.77. The zero-order valence-corrected chi connectivity index (χ0v) is 28.7. The maximum Gasteiger partial charge on any atom is 0.306 e. The summed E-state index contributed by atoms with van der Waals surface area (Å²) in [4.78, 5) is 66.4. The van der Waals surface area contributed by atoms with Crippen molar-refractivity contribution in [3.8, 4) is 11.6 Å². The first-order chi connectivity index (χ1) is 22.4. The normalized spacial score (nSPS) is 28.0. The minimum Gasteiger partial charge on any atom is -0.497 e. The Bertz CT molecular complexity index is 1470. The van der Waals surface area contributed by atoms with E-state index in [1.807, 2.05) is 50.8 Å². The van der Waals surface area contributed by atoms with Gasteiger partial charge in [0, 0.05) is 25.5 Å². The molecule has 3 aliphatic rings. The van der Waals surface area contributed by atoms with E-state index in [1.165, 1.54) is 0 Å². The molecule has 5 rings (SSSR count). The van der Waals surface area contributed by atoms with Crippen LogP contribution in [0.3, 0.4) is 0 Å². The number of carbonyl (C=O) groups is 4. The Balaban J connectivity index is 1.54. The lowest BCUT2D eigenvalue weighted by Crippen LogP contribution is -2.52. The average Bonchev–Trinajstić information content (AvgIpc) is 3.39. The van der Waals surface area contributed by atoms with Gasteiger partial charge < -0.3 is 28.8 Å². The third-order valence-electron chi connectivity index (χ3n) is 10.2. The van der Waals surface area contributed by atoms with E-state index in [4.69, 9.17) is 24.2 Å². The lowest BCUT2D eigenvalue weighted by Gasteiger charge is -2.41. The number of hydrogen-bond acceptors (Lipinski definition) is 9. The van der Waals surface area contributed by atoms with Crippen LogP contribution < -0.4 is 9.47 Å². The van der Waals surface area contributed by atoms with Crippen molar-refractivity contribution in [2.45, 2.75) is 117 Å². The Morgan fingerprint density at radius 1 is 1.04 bits per heavy atom. The highest BCUT2D eigenvalue weighted by Gasteiger charge is 2.48. The quantitative estimate of drug-likeness (QED) is 0.336. The summed E-state index contributed by atoms with van der Waals surface area (Å²) in [5, 5.41) is 0. The lowest BCUT2D eigenvalue weighted by molar-refractivity contribution is -0.163. The highest BCUT2D eigenvalue weighted by atomic mass is 16.5. The van der Waals surface area contributed by atoms with Crippen LogP contribution in [-0.4, -0.2) is 88.3 Å². The summed E-state index contributed by atoms with van der Waals surface area (Å²) in [5.74, 6) is -0.668. The zero-order chi connectivity index (χ0) is 33.9. The molecule has 0 N–H and O–H groups in total. The molecule has 3 aliphatic heterocycles. The van der Waals surface area contributed by atoms with E-state index >= 15 is 0 Å². The Morgan fingerprint density at radius 3 is 2.51 bits per heavy atom. The number of hydrogen-bond donors (Lipinski definition) is 0. The first-order valence-corrected chi connectivity index (χ1v) is 17.2. The molecule has 0 spiro atoms. The number of piperidine rings is 1. The predicted molar refractivity (Wildman–Crippen MR) is 176 cm³/mol. The van der Waals surface area contributed by atoms with Gasteiger partial charge >= 0.3 is 5.97 Å². The van der Waals surface area contributed by atoms with Gasteiger partial charge in [-0.2, -0.15) is 0 Å². The van der Waals surface area contributed by atoms with Crippen LogP contribution in [0, 0.1) is 17.3 Å². The van der Waals surface area contributed by atoms with Crippen LogP contribution in [0.25, 0.3) is 11.0 Å². The number of methoxy groups -OCH3 is 1. The average molecular weight is 651 g/mol. The van der Waals surface area contributed by atoms with Crippen molar-refractivity contribution < 1.29 is 33.4 Å². The highest BCUT2D eigenvalue weighted by Crippen LogP contribution is 2.38. The summed E-state index contributed by atoms with van der Waals surface area (Å²) in [7, 11) is 1.60. The number of nitrogens with zero attached hydrogens (tertiary/aromatic N) is 4. The summed E-state index contributed by atoms with van der Waals surface area (Å²) < 4.78 is 18.2. The zero-order valence-electron chi connectivity index (χ0n) is 28.7. The molecule has 256 valence electrons. The minimum absolute atomic E-state index is 0.0283. The van der Waals surface area contributed by atoms with Crippen molar-refractivity contribution >= 4 is 35.1 Å². The smallest absolute Gasteiger partial charge is 0.306 e. The van der Waals surface area contributed by atoms with Crippen molar-refractivity contribution in [3.63, 3.8) is 0 Å². The van der Waals surface area contributed by atoms with Crippen LogP contribution in [0.15, 0.2) is 18.2 Å². The van der Waals surface area contributed by atoms with E-state index in [0.29, 0.717) is 49.4 Å². The summed E-state index contributed by atoms with van der Waals surface area (Å²) in [5.41, 5.74) is 1.51. The minimum atomic E-state index is -0.720. The van der Waals surface area contributed by atoms with E-state index in [0.717, 1.165) is 43.2 Å². The fraction of sp³-hybridized carbons (Fsp3) is 0.667. The largest absolute Gasteiger partial charge is 0.497 e. The number of aldehydes is 1. The molecule has 2 saturated heterocycles. The molecular formula is C36H50N4O7. The van der Waals surface area contributed by atoms with Gasteiger partial charge in [0.15, 0.2) is 0 Å². The number of fused-ring (bicyclic) bond motifs is 5. The van der Waals surface area contributed by atoms with Crippen LogP contribution in [0.1, 0.15) is 91.7 Å². The fourth-order valence-electron chi connectivity index (χ4n) is 7.59. The van der Waals surface area contributed by atoms with Crippen LogP contribution in [0.5, 0.6) is 11.6 Å². The van der Waals surface area contributed by atoms with E-state index in [-0.39, 0.29) is 36.7 Å². The van der Waals surface area contributed by atoms with Gasteiger partial charge in [-0.3, -0.25) is 14.4 Å². The van der Waals surface area contributed by atoms with Crippen LogP contribution in [-0.2, 0) is 30.3 Å². The predicted octanol–water partition coefficient (Wildman–Crippen LogP) is 4.91. The fourth-order valence-corrected chi connectivity index (χ4v) is 7.59. The van der Waals surface area contributed by atoms with Crippen LogP contribution in [0.2, 0.25) is 0 Å². The number of aromatic nitrogens is 2. The molecular weight excluding hydrogens is 600 g/mol. The molecule has 1 aromatic carbocycles. The third-order valence-corrected chi connectivity index (χ3v) is 10.2. The third kappa shape index (κ3) is 7.54.